The van der Waals surface area contributed by atoms with Crippen molar-refractivity contribution in [3.8, 4) is 0 Å². The Hall–Kier alpha value is -0.170. The lowest BCUT2D eigenvalue weighted by Gasteiger charge is -2.21. The third-order valence-electron chi connectivity index (χ3n) is 3.68. The van der Waals surface area contributed by atoms with Crippen LogP contribution in [0, 0.1) is 0 Å². The molecule has 2 heterocycles. The molecule has 2 rings (SSSR count). The number of aromatic nitrogens is 3. The first-order chi connectivity index (χ1) is 9.63. The molecule has 1 aliphatic rings. The van der Waals surface area contributed by atoms with E-state index in [4.69, 9.17) is 0 Å². The molecule has 1 aromatic heterocycles. The van der Waals surface area contributed by atoms with E-state index in [0.29, 0.717) is 24.3 Å². The zero-order valence-electron chi connectivity index (χ0n) is 13.6. The van der Waals surface area contributed by atoms with E-state index in [0.717, 1.165) is 31.1 Å². The summed E-state index contributed by atoms with van der Waals surface area (Å²) in [4.78, 5) is 12.4. The summed E-state index contributed by atoms with van der Waals surface area (Å²) in [5.41, 5.74) is 0.0532. The fourth-order valence-electron chi connectivity index (χ4n) is 2.65. The number of nitrogens with one attached hydrogen (secondary N) is 1. The van der Waals surface area contributed by atoms with Crippen LogP contribution in [0.15, 0.2) is 4.79 Å². The van der Waals surface area contributed by atoms with Crippen LogP contribution in [0.4, 0.5) is 0 Å². The second-order valence-electron chi connectivity index (χ2n) is 5.57. The highest BCUT2D eigenvalue weighted by Gasteiger charge is 2.23. The fraction of sp³-hybridized carbons (Fsp3) is 0.857. The van der Waals surface area contributed by atoms with Gasteiger partial charge in [0.15, 0.2) is 0 Å². The summed E-state index contributed by atoms with van der Waals surface area (Å²) in [5, 5.41) is 8.62. The van der Waals surface area contributed by atoms with Crippen LogP contribution in [-0.4, -0.2) is 38.4 Å². The maximum absolute atomic E-state index is 12.4. The number of thioether (sulfide) groups is 1. The maximum atomic E-state index is 12.4. The summed E-state index contributed by atoms with van der Waals surface area (Å²) in [6, 6.07) is 0. The summed E-state index contributed by atoms with van der Waals surface area (Å²) >= 11 is 1.87. The van der Waals surface area contributed by atoms with Crippen LogP contribution < -0.4 is 11.0 Å². The van der Waals surface area contributed by atoms with Gasteiger partial charge in [0.05, 0.1) is 6.54 Å². The predicted octanol–water partition coefficient (Wildman–Crippen LogP) is 2.52. The lowest BCUT2D eigenvalue weighted by atomic mass is 9.99. The Morgan fingerprint density at radius 2 is 2.14 bits per heavy atom. The van der Waals surface area contributed by atoms with Crippen LogP contribution in [0.2, 0.25) is 0 Å². The predicted molar refractivity (Wildman–Crippen MR) is 99.1 cm³/mol. The Kier molecular flexibility index (Phi) is 10.5. The van der Waals surface area contributed by atoms with Gasteiger partial charge in [0.1, 0.15) is 5.82 Å². The third-order valence-corrected chi connectivity index (χ3v) is 4.77. The summed E-state index contributed by atoms with van der Waals surface area (Å²) in [6.07, 6.45) is 2.29. The smallest absolute Gasteiger partial charge is 0.316 e. The Labute approximate surface area is 149 Å². The first-order valence-electron chi connectivity index (χ1n) is 7.63. The van der Waals surface area contributed by atoms with E-state index in [1.54, 1.807) is 4.68 Å². The molecular formula is C14H28Cl2N4OS. The van der Waals surface area contributed by atoms with Gasteiger partial charge >= 0.3 is 5.69 Å². The zero-order valence-corrected chi connectivity index (χ0v) is 16.0. The zero-order chi connectivity index (χ0) is 14.5. The maximum Gasteiger partial charge on any atom is 0.345 e. The van der Waals surface area contributed by atoms with Crippen LogP contribution in [-0.2, 0) is 13.1 Å². The number of aryl methyl sites for hydroxylation is 1. The highest BCUT2D eigenvalue weighted by atomic mass is 35.5. The van der Waals surface area contributed by atoms with Crippen LogP contribution in [0.5, 0.6) is 0 Å². The number of hydrogen-bond donors (Lipinski definition) is 1. The summed E-state index contributed by atoms with van der Waals surface area (Å²) in [5.74, 6) is 2.30. The van der Waals surface area contributed by atoms with Gasteiger partial charge in [0.25, 0.3) is 0 Å². The monoisotopic (exact) mass is 370 g/mol. The molecule has 5 nitrogen and oxygen atoms in total. The molecule has 1 unspecified atom stereocenters. The summed E-state index contributed by atoms with van der Waals surface area (Å²) in [6.45, 7) is 9.82. The minimum atomic E-state index is 0. The van der Waals surface area contributed by atoms with Gasteiger partial charge in [-0.2, -0.15) is 16.9 Å². The van der Waals surface area contributed by atoms with E-state index in [-0.39, 0.29) is 30.5 Å². The number of hydrogen-bond acceptors (Lipinski definition) is 4. The standard InChI is InChI=1S/C14H26N4OS.2ClH/c1-4-17-13(12-6-5-7-15-10-12)16-18(14(17)19)8-9-20-11(2)3;;/h11-12,15H,4-10H2,1-3H3;2*1H. The second kappa shape index (κ2) is 10.6. The average Bonchev–Trinajstić information content (AvgIpc) is 2.76. The van der Waals surface area contributed by atoms with Crippen LogP contribution in [0.25, 0.3) is 0 Å². The van der Waals surface area contributed by atoms with Crippen molar-refractivity contribution >= 4 is 36.6 Å². The molecule has 1 aliphatic heterocycles. The van der Waals surface area contributed by atoms with Gasteiger partial charge in [0, 0.05) is 24.8 Å². The molecule has 1 aromatic rings. The van der Waals surface area contributed by atoms with E-state index < -0.39 is 0 Å². The molecule has 0 spiro atoms. The molecule has 0 bridgehead atoms. The van der Waals surface area contributed by atoms with E-state index in [9.17, 15) is 4.79 Å². The van der Waals surface area contributed by atoms with Crippen molar-refractivity contribution in [3.05, 3.63) is 16.3 Å². The third kappa shape index (κ3) is 5.48. The Balaban J connectivity index is 0.00000220. The van der Waals surface area contributed by atoms with E-state index in [1.807, 2.05) is 23.3 Å². The summed E-state index contributed by atoms with van der Waals surface area (Å²) in [7, 11) is 0. The molecule has 0 saturated carbocycles. The van der Waals surface area contributed by atoms with Gasteiger partial charge in [0.2, 0.25) is 0 Å². The lowest BCUT2D eigenvalue weighted by Crippen LogP contribution is -2.31. The minimum absolute atomic E-state index is 0. The molecule has 1 saturated heterocycles. The molecule has 1 fully saturated rings. The fourth-order valence-corrected chi connectivity index (χ4v) is 3.40. The molecule has 0 aromatic carbocycles. The van der Waals surface area contributed by atoms with Crippen molar-refractivity contribution in [2.24, 2.45) is 0 Å². The number of nitrogens with zero attached hydrogens (tertiary/aromatic N) is 3. The SMILES string of the molecule is CCn1c(C2CCCNC2)nn(CCSC(C)C)c1=O.Cl.Cl. The molecule has 0 radical (unpaired) electrons. The molecule has 1 atom stereocenters. The highest BCUT2D eigenvalue weighted by Crippen LogP contribution is 2.20. The highest BCUT2D eigenvalue weighted by molar-refractivity contribution is 7.99. The molecule has 130 valence electrons. The first kappa shape index (κ1) is 21.8. The first-order valence-corrected chi connectivity index (χ1v) is 8.68. The van der Waals surface area contributed by atoms with Crippen LogP contribution >= 0.6 is 36.6 Å². The van der Waals surface area contributed by atoms with Crippen molar-refractivity contribution in [2.75, 3.05) is 18.8 Å². The molecule has 0 aliphatic carbocycles. The van der Waals surface area contributed by atoms with Crippen molar-refractivity contribution in [1.82, 2.24) is 19.7 Å². The summed E-state index contributed by atoms with van der Waals surface area (Å²) < 4.78 is 3.50. The van der Waals surface area contributed by atoms with Crippen LogP contribution in [0.1, 0.15) is 45.4 Å². The normalized spacial score (nSPS) is 17.9. The minimum Gasteiger partial charge on any atom is -0.316 e. The molecule has 8 heteroatoms. The van der Waals surface area contributed by atoms with Crippen molar-refractivity contribution in [3.63, 3.8) is 0 Å². The molecule has 0 amide bonds. The van der Waals surface area contributed by atoms with Gasteiger partial charge in [-0.1, -0.05) is 13.8 Å². The lowest BCUT2D eigenvalue weighted by molar-refractivity contribution is 0.431. The van der Waals surface area contributed by atoms with Crippen LogP contribution in [0.3, 0.4) is 0 Å². The molecular weight excluding hydrogens is 343 g/mol. The molecule has 22 heavy (non-hydrogen) atoms. The van der Waals surface area contributed by atoms with E-state index in [1.165, 1.54) is 6.42 Å². The number of piperidine rings is 1. The van der Waals surface area contributed by atoms with Gasteiger partial charge in [-0.05, 0) is 31.6 Å². The Morgan fingerprint density at radius 1 is 1.41 bits per heavy atom. The van der Waals surface area contributed by atoms with Gasteiger partial charge in [-0.25, -0.2) is 9.48 Å². The molecule has 1 N–H and O–H groups in total. The second-order valence-corrected chi connectivity index (χ2v) is 7.26. The Morgan fingerprint density at radius 3 is 2.68 bits per heavy atom. The van der Waals surface area contributed by atoms with Gasteiger partial charge < -0.3 is 5.32 Å². The quantitative estimate of drug-likeness (QED) is 0.835. The van der Waals surface area contributed by atoms with Crippen molar-refractivity contribution < 1.29 is 0 Å². The van der Waals surface area contributed by atoms with Gasteiger partial charge in [-0.15, -0.1) is 24.8 Å². The van der Waals surface area contributed by atoms with Crippen molar-refractivity contribution in [2.45, 2.75) is 57.9 Å². The number of halogens is 2. The largest absolute Gasteiger partial charge is 0.345 e. The van der Waals surface area contributed by atoms with Crippen molar-refractivity contribution in [1.29, 1.82) is 0 Å². The van der Waals surface area contributed by atoms with E-state index in [2.05, 4.69) is 24.3 Å². The topological polar surface area (TPSA) is 51.9 Å². The van der Waals surface area contributed by atoms with Gasteiger partial charge in [-0.3, -0.25) is 4.57 Å². The number of rotatable bonds is 6. The van der Waals surface area contributed by atoms with E-state index >= 15 is 0 Å². The average molecular weight is 371 g/mol. The Bertz CT molecular complexity index is 484.